The molecule has 0 saturated carbocycles. The summed E-state index contributed by atoms with van der Waals surface area (Å²) in [6.07, 6.45) is 7.99. The summed E-state index contributed by atoms with van der Waals surface area (Å²) in [4.78, 5) is 4.89. The highest BCUT2D eigenvalue weighted by atomic mass is 31.1. The molecule has 0 heterocycles. The monoisotopic (exact) mass is 557 g/mol. The number of hydrogen-bond donors (Lipinski definition) is 0. The van der Waals surface area contributed by atoms with Crippen molar-refractivity contribution in [2.24, 2.45) is 4.99 Å². The molecule has 0 fully saturated rings. The normalized spacial score (nSPS) is 14.2. The first kappa shape index (κ1) is 32.1. The molecule has 0 N–H and O–H groups in total. The van der Waals surface area contributed by atoms with Crippen molar-refractivity contribution >= 4 is 20.1 Å². The Balaban J connectivity index is 2.20. The number of aliphatic imine (C=N–C) groups is 1. The first-order valence-corrected chi connectivity index (χ1v) is 16.1. The van der Waals surface area contributed by atoms with Crippen LogP contribution in [0.4, 0.5) is 0 Å². The second kappa shape index (κ2) is 14.0. The van der Waals surface area contributed by atoms with Crippen molar-refractivity contribution in [2.45, 2.75) is 117 Å². The number of rotatable bonds is 12. The molecule has 0 radical (unpaired) electrons. The molecule has 40 heavy (non-hydrogen) atoms. The number of hydrogen-bond acceptors (Lipinski definition) is 2. The quantitative estimate of drug-likeness (QED) is 0.123. The first-order valence-electron chi connectivity index (χ1n) is 15.1. The van der Waals surface area contributed by atoms with Crippen LogP contribution in [0.1, 0.15) is 115 Å². The van der Waals surface area contributed by atoms with Crippen LogP contribution in [0.3, 0.4) is 0 Å². The highest BCUT2D eigenvalue weighted by Gasteiger charge is 2.36. The van der Waals surface area contributed by atoms with Gasteiger partial charge in [-0.2, -0.15) is 0 Å². The molecule has 0 aromatic heterocycles. The van der Waals surface area contributed by atoms with E-state index in [1.807, 2.05) is 0 Å². The van der Waals surface area contributed by atoms with Gasteiger partial charge in [0.2, 0.25) is 0 Å². The smallest absolute Gasteiger partial charge is 0.126 e. The fourth-order valence-electron chi connectivity index (χ4n) is 5.13. The van der Waals surface area contributed by atoms with Gasteiger partial charge in [0.05, 0.1) is 5.54 Å². The van der Waals surface area contributed by atoms with Crippen LogP contribution in [0.25, 0.3) is 0 Å². The Morgan fingerprint density at radius 3 is 2.15 bits per heavy atom. The van der Waals surface area contributed by atoms with Gasteiger partial charge in [-0.1, -0.05) is 129 Å². The zero-order valence-electron chi connectivity index (χ0n) is 26.5. The second-order valence-corrected chi connectivity index (χ2v) is 15.0. The fraction of sp³-hybridized carbons (Fsp3) is 0.486. The van der Waals surface area contributed by atoms with E-state index in [0.717, 1.165) is 18.6 Å². The van der Waals surface area contributed by atoms with Gasteiger partial charge in [-0.25, -0.2) is 0 Å². The van der Waals surface area contributed by atoms with Crippen LogP contribution >= 0.6 is 8.58 Å². The van der Waals surface area contributed by atoms with Crippen LogP contribution in [0, 0.1) is 6.92 Å². The highest BCUT2D eigenvalue weighted by molar-refractivity contribution is 7.48. The van der Waals surface area contributed by atoms with Crippen LogP contribution in [-0.2, 0) is 17.2 Å². The van der Waals surface area contributed by atoms with E-state index in [2.05, 4.69) is 135 Å². The van der Waals surface area contributed by atoms with E-state index < -0.39 is 0 Å². The van der Waals surface area contributed by atoms with Crippen molar-refractivity contribution in [3.05, 3.63) is 94.5 Å². The van der Waals surface area contributed by atoms with E-state index >= 15 is 0 Å². The minimum absolute atomic E-state index is 0.0150. The van der Waals surface area contributed by atoms with Gasteiger partial charge in [0.1, 0.15) is 12.4 Å². The molecule has 3 heteroatoms. The van der Waals surface area contributed by atoms with Crippen LogP contribution in [0.5, 0.6) is 5.75 Å². The molecule has 0 aliphatic heterocycles. The van der Waals surface area contributed by atoms with Crippen molar-refractivity contribution in [1.29, 1.82) is 0 Å². The summed E-state index contributed by atoms with van der Waals surface area (Å²) >= 11 is 0. The molecule has 3 aromatic carbocycles. The number of benzene rings is 3. The molecular formula is C37H52NOP. The molecule has 0 spiro atoms. The van der Waals surface area contributed by atoms with Crippen molar-refractivity contribution < 1.29 is 4.74 Å². The van der Waals surface area contributed by atoms with E-state index in [0.29, 0.717) is 15.2 Å². The van der Waals surface area contributed by atoms with E-state index in [1.54, 1.807) is 0 Å². The maximum absolute atomic E-state index is 6.77. The SMILES string of the molecule is CCCCCC(CC)(Pc1ccccc1C=NC(C)(C)C)c1cc(C(C)(C)C)cc(C)c1OCc1ccccc1. The zero-order valence-corrected chi connectivity index (χ0v) is 27.5. The summed E-state index contributed by atoms with van der Waals surface area (Å²) in [5.74, 6) is 1.07. The lowest BCUT2D eigenvalue weighted by molar-refractivity contribution is 0.295. The Morgan fingerprint density at radius 1 is 0.850 bits per heavy atom. The maximum atomic E-state index is 6.77. The topological polar surface area (TPSA) is 21.6 Å². The van der Waals surface area contributed by atoms with Gasteiger partial charge < -0.3 is 4.74 Å². The van der Waals surface area contributed by atoms with E-state index in [-0.39, 0.29) is 16.1 Å². The highest BCUT2D eigenvalue weighted by Crippen LogP contribution is 2.53. The van der Waals surface area contributed by atoms with Gasteiger partial charge in [-0.05, 0) is 73.5 Å². The lowest BCUT2D eigenvalue weighted by Gasteiger charge is -2.37. The van der Waals surface area contributed by atoms with Gasteiger partial charge in [-0.15, -0.1) is 0 Å². The van der Waals surface area contributed by atoms with E-state index in [1.165, 1.54) is 52.4 Å². The van der Waals surface area contributed by atoms with Gasteiger partial charge >= 0.3 is 0 Å². The molecule has 216 valence electrons. The lowest BCUT2D eigenvalue weighted by atomic mass is 9.80. The van der Waals surface area contributed by atoms with Crippen molar-refractivity contribution in [1.82, 2.24) is 0 Å². The van der Waals surface area contributed by atoms with Gasteiger partial charge in [0, 0.05) is 16.9 Å². The van der Waals surface area contributed by atoms with E-state index in [9.17, 15) is 0 Å². The van der Waals surface area contributed by atoms with Crippen LogP contribution in [0.15, 0.2) is 71.7 Å². The Hall–Kier alpha value is -2.44. The molecule has 3 rings (SSSR count). The second-order valence-electron chi connectivity index (χ2n) is 13.2. The molecule has 0 bridgehead atoms. The molecule has 0 aliphatic carbocycles. The van der Waals surface area contributed by atoms with Crippen molar-refractivity contribution in [3.63, 3.8) is 0 Å². The summed E-state index contributed by atoms with van der Waals surface area (Å²) in [7, 11) is 0.619. The average Bonchev–Trinajstić information content (AvgIpc) is 2.90. The Labute approximate surface area is 246 Å². The molecule has 3 aromatic rings. The summed E-state index contributed by atoms with van der Waals surface area (Å²) in [6.45, 7) is 20.9. The zero-order chi connectivity index (χ0) is 29.4. The van der Waals surface area contributed by atoms with Crippen molar-refractivity contribution in [3.8, 4) is 5.75 Å². The Bertz CT molecular complexity index is 1250. The molecule has 0 amide bonds. The van der Waals surface area contributed by atoms with Crippen LogP contribution < -0.4 is 10.0 Å². The third kappa shape index (κ3) is 8.78. The van der Waals surface area contributed by atoms with Gasteiger partial charge in [0.25, 0.3) is 0 Å². The predicted octanol–water partition coefficient (Wildman–Crippen LogP) is 10.3. The largest absolute Gasteiger partial charge is 0.488 e. The number of aryl methyl sites for hydroxylation is 1. The molecule has 0 saturated heterocycles. The number of nitrogens with zero attached hydrogens (tertiary/aromatic N) is 1. The summed E-state index contributed by atoms with van der Waals surface area (Å²) in [5.41, 5.74) is 6.39. The standard InChI is InChI=1S/C37H52NOP/c1-10-12-18-23-37(11-2,40-33-22-17-16-21-30(33)26-38-36(7,8)9)32-25-31(35(4,5)6)24-28(3)34(32)39-27-29-19-14-13-15-20-29/h13-17,19-22,24-26,40H,10-12,18,23,27H2,1-9H3. The third-order valence-corrected chi connectivity index (χ3v) is 9.69. The van der Waals surface area contributed by atoms with Gasteiger partial charge in [-0.3, -0.25) is 4.99 Å². The summed E-state index contributed by atoms with van der Waals surface area (Å²) < 4.78 is 6.77. The average molecular weight is 558 g/mol. The van der Waals surface area contributed by atoms with Gasteiger partial charge in [0.15, 0.2) is 0 Å². The van der Waals surface area contributed by atoms with Crippen LogP contribution in [-0.4, -0.2) is 11.8 Å². The molecule has 2 nitrogen and oxygen atoms in total. The first-order chi connectivity index (χ1) is 18.9. The maximum Gasteiger partial charge on any atom is 0.126 e. The lowest BCUT2D eigenvalue weighted by Crippen LogP contribution is -2.26. The predicted molar refractivity (Wildman–Crippen MR) is 179 cm³/mol. The molecular weight excluding hydrogens is 505 g/mol. The molecule has 2 atom stereocenters. The third-order valence-electron chi connectivity index (χ3n) is 7.62. The Morgan fingerprint density at radius 2 is 1.52 bits per heavy atom. The molecule has 0 aliphatic rings. The summed E-state index contributed by atoms with van der Waals surface area (Å²) in [6, 6.07) is 24.3. The minimum atomic E-state index is -0.101. The Kier molecular flexibility index (Phi) is 11.2. The number of ether oxygens (including phenoxy) is 1. The molecule has 2 unspecified atom stereocenters. The minimum Gasteiger partial charge on any atom is -0.488 e. The summed E-state index contributed by atoms with van der Waals surface area (Å²) in [5, 5.41) is 1.38. The number of unbranched alkanes of at least 4 members (excludes halogenated alkanes) is 2. The fourth-order valence-corrected chi connectivity index (χ4v) is 6.91. The van der Waals surface area contributed by atoms with Crippen LogP contribution in [0.2, 0.25) is 0 Å². The van der Waals surface area contributed by atoms with E-state index in [4.69, 9.17) is 9.73 Å². The van der Waals surface area contributed by atoms with Crippen molar-refractivity contribution in [2.75, 3.05) is 0 Å².